The van der Waals surface area contributed by atoms with Gasteiger partial charge in [0.1, 0.15) is 5.82 Å². The Morgan fingerprint density at radius 2 is 2.26 bits per heavy atom. The highest BCUT2D eigenvalue weighted by atomic mass is 35.5. The molecule has 1 aliphatic heterocycles. The van der Waals surface area contributed by atoms with E-state index in [0.29, 0.717) is 18.7 Å². The molecule has 1 heterocycles. The molecule has 7 heteroatoms. The first-order valence-electron chi connectivity index (χ1n) is 5.97. The second-order valence-electron chi connectivity index (χ2n) is 4.67. The average Bonchev–Trinajstić information content (AvgIpc) is 2.28. The first kappa shape index (κ1) is 15.8. The lowest BCUT2D eigenvalue weighted by Crippen LogP contribution is -2.42. The zero-order valence-electron chi connectivity index (χ0n) is 10.4. The van der Waals surface area contributed by atoms with Gasteiger partial charge in [0, 0.05) is 30.8 Å². The number of piperidine rings is 1. The Balaban J connectivity index is 0.00000180. The molecule has 0 radical (unpaired) electrons. The summed E-state index contributed by atoms with van der Waals surface area (Å²) in [5.74, 6) is -0.447. The van der Waals surface area contributed by atoms with Crippen LogP contribution in [0.4, 0.5) is 10.1 Å². The normalized spacial score (nSPS) is 19.8. The average molecular weight is 290 g/mol. The van der Waals surface area contributed by atoms with Gasteiger partial charge < -0.3 is 5.73 Å². The predicted molar refractivity (Wildman–Crippen MR) is 72.8 cm³/mol. The minimum absolute atomic E-state index is 0. The van der Waals surface area contributed by atoms with Crippen LogP contribution in [0.15, 0.2) is 18.2 Å². The largest absolute Gasteiger partial charge is 0.327 e. The molecule has 0 aromatic heterocycles. The van der Waals surface area contributed by atoms with E-state index < -0.39 is 10.7 Å². The summed E-state index contributed by atoms with van der Waals surface area (Å²) in [5, 5.41) is 10.9. The summed E-state index contributed by atoms with van der Waals surface area (Å²) in [4.78, 5) is 12.4. The van der Waals surface area contributed by atoms with Crippen molar-refractivity contribution in [3.63, 3.8) is 0 Å². The molecule has 1 saturated heterocycles. The summed E-state index contributed by atoms with van der Waals surface area (Å²) in [6, 6.07) is 3.67. The summed E-state index contributed by atoms with van der Waals surface area (Å²) >= 11 is 0. The molecule has 0 aliphatic carbocycles. The van der Waals surface area contributed by atoms with E-state index in [1.54, 1.807) is 0 Å². The number of nitrogens with zero attached hydrogens (tertiary/aromatic N) is 2. The Bertz CT molecular complexity index is 459. The third-order valence-electron chi connectivity index (χ3n) is 3.17. The van der Waals surface area contributed by atoms with Crippen molar-refractivity contribution in [3.8, 4) is 0 Å². The van der Waals surface area contributed by atoms with Gasteiger partial charge in [-0.05, 0) is 31.5 Å². The molecule has 0 unspecified atom stereocenters. The van der Waals surface area contributed by atoms with Gasteiger partial charge >= 0.3 is 0 Å². The Morgan fingerprint density at radius 1 is 1.53 bits per heavy atom. The van der Waals surface area contributed by atoms with Gasteiger partial charge in [0.15, 0.2) is 0 Å². The monoisotopic (exact) mass is 289 g/mol. The molecule has 106 valence electrons. The molecule has 1 aromatic rings. The number of halogens is 2. The molecule has 19 heavy (non-hydrogen) atoms. The van der Waals surface area contributed by atoms with Crippen LogP contribution < -0.4 is 5.73 Å². The maximum Gasteiger partial charge on any atom is 0.274 e. The Morgan fingerprint density at radius 3 is 2.89 bits per heavy atom. The Labute approximate surface area is 117 Å². The lowest BCUT2D eigenvalue weighted by Gasteiger charge is -2.30. The SMILES string of the molecule is Cl.N[C@@H]1CCCN(Cc2cc(F)ccc2[N+](=O)[O-])C1. The second-order valence-corrected chi connectivity index (χ2v) is 4.67. The van der Waals surface area contributed by atoms with Crippen LogP contribution in [0.2, 0.25) is 0 Å². The van der Waals surface area contributed by atoms with Crippen molar-refractivity contribution in [2.45, 2.75) is 25.4 Å². The van der Waals surface area contributed by atoms with Crippen LogP contribution in [0.5, 0.6) is 0 Å². The van der Waals surface area contributed by atoms with E-state index in [9.17, 15) is 14.5 Å². The van der Waals surface area contributed by atoms with Gasteiger partial charge in [0.2, 0.25) is 0 Å². The molecule has 0 saturated carbocycles. The van der Waals surface area contributed by atoms with Crippen molar-refractivity contribution in [1.29, 1.82) is 0 Å². The fourth-order valence-electron chi connectivity index (χ4n) is 2.33. The molecule has 5 nitrogen and oxygen atoms in total. The van der Waals surface area contributed by atoms with Crippen LogP contribution in [-0.4, -0.2) is 29.0 Å². The van der Waals surface area contributed by atoms with Crippen LogP contribution in [-0.2, 0) is 6.54 Å². The molecule has 0 bridgehead atoms. The van der Waals surface area contributed by atoms with Crippen LogP contribution in [0.25, 0.3) is 0 Å². The highest BCUT2D eigenvalue weighted by Crippen LogP contribution is 2.22. The molecule has 0 spiro atoms. The van der Waals surface area contributed by atoms with Gasteiger partial charge in [-0.1, -0.05) is 0 Å². The minimum atomic E-state index is -0.474. The van der Waals surface area contributed by atoms with Crippen molar-refractivity contribution in [3.05, 3.63) is 39.7 Å². The number of hydrogen-bond acceptors (Lipinski definition) is 4. The number of hydrogen-bond donors (Lipinski definition) is 1. The van der Waals surface area contributed by atoms with E-state index in [4.69, 9.17) is 5.73 Å². The van der Waals surface area contributed by atoms with Crippen LogP contribution in [0.1, 0.15) is 18.4 Å². The minimum Gasteiger partial charge on any atom is -0.327 e. The fourth-order valence-corrected chi connectivity index (χ4v) is 2.33. The van der Waals surface area contributed by atoms with Crippen molar-refractivity contribution in [2.24, 2.45) is 5.73 Å². The van der Waals surface area contributed by atoms with Crippen molar-refractivity contribution in [1.82, 2.24) is 4.90 Å². The molecular formula is C12H17ClFN3O2. The standard InChI is InChI=1S/C12H16FN3O2.ClH/c13-10-3-4-12(16(17)18)9(6-10)7-15-5-1-2-11(14)8-15;/h3-4,6,11H,1-2,5,7-8,14H2;1H/t11-;/m1./s1. The highest BCUT2D eigenvalue weighted by molar-refractivity contribution is 5.85. The molecule has 0 amide bonds. The van der Waals surface area contributed by atoms with E-state index in [2.05, 4.69) is 0 Å². The highest BCUT2D eigenvalue weighted by Gasteiger charge is 2.21. The number of rotatable bonds is 3. The number of likely N-dealkylation sites (tertiary alicyclic amines) is 1. The van der Waals surface area contributed by atoms with E-state index in [1.165, 1.54) is 12.1 Å². The van der Waals surface area contributed by atoms with E-state index in [0.717, 1.165) is 25.5 Å². The number of benzene rings is 1. The van der Waals surface area contributed by atoms with E-state index >= 15 is 0 Å². The van der Waals surface area contributed by atoms with Crippen LogP contribution in [0, 0.1) is 15.9 Å². The summed E-state index contributed by atoms with van der Waals surface area (Å²) < 4.78 is 13.2. The van der Waals surface area contributed by atoms with Gasteiger partial charge in [-0.25, -0.2) is 4.39 Å². The number of nitro groups is 1. The van der Waals surface area contributed by atoms with Crippen molar-refractivity contribution >= 4 is 18.1 Å². The summed E-state index contributed by atoms with van der Waals surface area (Å²) in [6.07, 6.45) is 1.95. The fraction of sp³-hybridized carbons (Fsp3) is 0.500. The molecule has 1 aromatic carbocycles. The van der Waals surface area contributed by atoms with Gasteiger partial charge in [0.05, 0.1) is 4.92 Å². The third-order valence-corrected chi connectivity index (χ3v) is 3.17. The zero-order valence-corrected chi connectivity index (χ0v) is 11.2. The zero-order chi connectivity index (χ0) is 13.1. The first-order chi connectivity index (χ1) is 8.56. The van der Waals surface area contributed by atoms with Gasteiger partial charge in [-0.2, -0.15) is 0 Å². The summed E-state index contributed by atoms with van der Waals surface area (Å²) in [6.45, 7) is 1.93. The summed E-state index contributed by atoms with van der Waals surface area (Å²) in [7, 11) is 0. The Hall–Kier alpha value is -1.24. The molecule has 1 aliphatic rings. The molecule has 1 atom stereocenters. The van der Waals surface area contributed by atoms with Crippen LogP contribution in [0.3, 0.4) is 0 Å². The topological polar surface area (TPSA) is 72.4 Å². The van der Waals surface area contributed by atoms with E-state index in [-0.39, 0.29) is 24.1 Å². The maximum atomic E-state index is 13.2. The summed E-state index contributed by atoms with van der Waals surface area (Å²) in [5.41, 5.74) is 6.24. The molecular weight excluding hydrogens is 273 g/mol. The lowest BCUT2D eigenvalue weighted by atomic mass is 10.1. The van der Waals surface area contributed by atoms with E-state index in [1.807, 2.05) is 4.90 Å². The quantitative estimate of drug-likeness (QED) is 0.683. The number of nitrogens with two attached hydrogens (primary N) is 1. The third kappa shape index (κ3) is 4.12. The predicted octanol–water partition coefficient (Wildman–Crippen LogP) is 2.08. The van der Waals surface area contributed by atoms with Crippen molar-refractivity contribution in [2.75, 3.05) is 13.1 Å². The lowest BCUT2D eigenvalue weighted by molar-refractivity contribution is -0.385. The van der Waals surface area contributed by atoms with Crippen molar-refractivity contribution < 1.29 is 9.31 Å². The smallest absolute Gasteiger partial charge is 0.274 e. The van der Waals surface area contributed by atoms with Crippen LogP contribution >= 0.6 is 12.4 Å². The number of nitro benzene ring substituents is 1. The maximum absolute atomic E-state index is 13.2. The van der Waals surface area contributed by atoms with Gasteiger partial charge in [-0.15, -0.1) is 12.4 Å². The van der Waals surface area contributed by atoms with Gasteiger partial charge in [-0.3, -0.25) is 15.0 Å². The molecule has 2 rings (SSSR count). The Kier molecular flexibility index (Phi) is 5.65. The van der Waals surface area contributed by atoms with Gasteiger partial charge in [0.25, 0.3) is 5.69 Å². The second kappa shape index (κ2) is 6.79. The molecule has 1 fully saturated rings. The molecule has 2 N–H and O–H groups in total. The first-order valence-corrected chi connectivity index (χ1v) is 5.97.